The Bertz CT molecular complexity index is 4620. The van der Waals surface area contributed by atoms with Crippen molar-refractivity contribution < 1.29 is 98.8 Å². The van der Waals surface area contributed by atoms with Gasteiger partial charge in [0.1, 0.15) is 48.3 Å². The molecule has 0 unspecified atom stereocenters. The van der Waals surface area contributed by atoms with Crippen molar-refractivity contribution in [3.8, 4) is 5.75 Å². The van der Waals surface area contributed by atoms with Crippen LogP contribution in [-0.4, -0.2) is 234 Å². The first-order chi connectivity index (χ1) is 55.3. The normalized spacial score (nSPS) is 16.4. The number of nitrogens with two attached hydrogens (primary N) is 2. The number of anilines is 1. The summed E-state index contributed by atoms with van der Waals surface area (Å²) in [5.74, 6) is -8.20. The number of likely N-dealkylation sites (N-methyl/N-ethyl adjacent to an activating group) is 2. The Hall–Kier alpha value is -10.9. The quantitative estimate of drug-likeness (QED) is 0.00831. The number of benzene rings is 4. The van der Waals surface area contributed by atoms with Gasteiger partial charge < -0.3 is 83.2 Å². The first-order valence-corrected chi connectivity index (χ1v) is 42.2. The van der Waals surface area contributed by atoms with Gasteiger partial charge in [-0.1, -0.05) is 98.8 Å². The molecule has 5 atom stereocenters. The second kappa shape index (κ2) is 43.9. The summed E-state index contributed by atoms with van der Waals surface area (Å²) in [7, 11) is -4.76. The number of guanidine groups is 1. The zero-order chi connectivity index (χ0) is 85.8. The van der Waals surface area contributed by atoms with Crippen molar-refractivity contribution in [1.29, 1.82) is 0 Å². The van der Waals surface area contributed by atoms with Gasteiger partial charge in [-0.3, -0.25) is 38.1 Å². The number of fused-ring (bicyclic) bond motifs is 2. The molecule has 117 heavy (non-hydrogen) atoms. The monoisotopic (exact) mass is 1660 g/mol. The number of carbonyl (C=O) groups excluding carboxylic acids is 5. The fourth-order valence-corrected chi connectivity index (χ4v) is 15.4. The Morgan fingerprint density at radius 3 is 1.79 bits per heavy atom. The van der Waals surface area contributed by atoms with Crippen molar-refractivity contribution in [1.82, 2.24) is 41.7 Å². The second-order valence-corrected chi connectivity index (χ2v) is 33.6. The van der Waals surface area contributed by atoms with Crippen LogP contribution in [0.5, 0.6) is 5.75 Å². The lowest BCUT2D eigenvalue weighted by molar-refractivity contribution is -0.438. The van der Waals surface area contributed by atoms with Crippen molar-refractivity contribution in [3.63, 3.8) is 0 Å². The third-order valence-corrected chi connectivity index (χ3v) is 22.3. The summed E-state index contributed by atoms with van der Waals surface area (Å²) in [6, 6.07) is 23.4. The summed E-state index contributed by atoms with van der Waals surface area (Å²) in [4.78, 5) is 125. The van der Waals surface area contributed by atoms with Crippen LogP contribution in [-0.2, 0) is 82.3 Å². The van der Waals surface area contributed by atoms with Crippen LogP contribution >= 0.6 is 0 Å². The minimum atomic E-state index is -4.17. The van der Waals surface area contributed by atoms with Crippen LogP contribution < -0.4 is 53.0 Å². The van der Waals surface area contributed by atoms with E-state index in [1.54, 1.807) is 68.7 Å². The first kappa shape index (κ1) is 93.3. The molecule has 0 spiro atoms. The SMILES string of the molecule is CN(CCNC(=O)CC[C@@H](NC(=O)N[C@H](CCC(=O)O)C(=O)O)C(=O)O)CCN(C)CCC(=O)N[C@@H](Cc1ccccc1)C(=O)N[C@@H](CCCN=C(N)N)C(=O)N[C@@H](Cc1ccc(OC2=C(/C=C/C3=[N+](CCCCS(=O)(=O)O)c4ccccc4C3(C)C)CCC/C2=C\C=C2\N(CCCCS(=O)(=O)O)c3ccccc3C2(C)C)cc1)C(=O)O. The van der Waals surface area contributed by atoms with E-state index in [-0.39, 0.29) is 94.9 Å². The van der Waals surface area contributed by atoms with Crippen LogP contribution in [0.25, 0.3) is 0 Å². The molecule has 35 heteroatoms. The van der Waals surface area contributed by atoms with E-state index in [9.17, 15) is 84.4 Å². The number of nitrogens with one attached hydrogen (secondary N) is 6. The average Bonchev–Trinajstić information content (AvgIpc) is 1.60. The van der Waals surface area contributed by atoms with E-state index in [0.717, 1.165) is 51.5 Å². The molecule has 33 nitrogen and oxygen atoms in total. The number of rotatable bonds is 48. The predicted octanol–water partition coefficient (Wildman–Crippen LogP) is 5.68. The van der Waals surface area contributed by atoms with Crippen molar-refractivity contribution in [2.24, 2.45) is 16.5 Å². The van der Waals surface area contributed by atoms with Crippen LogP contribution in [0.1, 0.15) is 140 Å². The highest BCUT2D eigenvalue weighted by atomic mass is 32.2. The number of ether oxygens (including phenoxy) is 1. The van der Waals surface area contributed by atoms with E-state index in [0.29, 0.717) is 81.0 Å². The minimum Gasteiger partial charge on any atom is -0.481 e. The lowest BCUT2D eigenvalue weighted by atomic mass is 9.81. The van der Waals surface area contributed by atoms with Crippen molar-refractivity contribution >= 4 is 96.8 Å². The topological polar surface area (TPSA) is 502 Å². The summed E-state index contributed by atoms with van der Waals surface area (Å²) in [6.07, 6.45) is 9.89. The van der Waals surface area contributed by atoms with Gasteiger partial charge in [0.2, 0.25) is 29.3 Å². The van der Waals surface area contributed by atoms with E-state index in [1.807, 2.05) is 51.5 Å². The van der Waals surface area contributed by atoms with E-state index >= 15 is 0 Å². The highest BCUT2D eigenvalue weighted by Crippen LogP contribution is 2.48. The number of aliphatic carboxylic acids is 4. The smallest absolute Gasteiger partial charge is 0.326 e. The van der Waals surface area contributed by atoms with Crippen molar-refractivity contribution in [2.45, 2.75) is 171 Å². The lowest BCUT2D eigenvalue weighted by Crippen LogP contribution is -2.56. The van der Waals surface area contributed by atoms with Crippen molar-refractivity contribution in [3.05, 3.63) is 172 Å². The maximum absolute atomic E-state index is 14.5. The molecule has 16 N–H and O–H groups in total. The van der Waals surface area contributed by atoms with Gasteiger partial charge in [0, 0.05) is 119 Å². The van der Waals surface area contributed by atoms with Gasteiger partial charge in [-0.15, -0.1) is 0 Å². The summed E-state index contributed by atoms with van der Waals surface area (Å²) in [5.41, 5.74) is 19.3. The number of unbranched alkanes of at least 4 members (excludes halogenated alkanes) is 2. The van der Waals surface area contributed by atoms with E-state index in [2.05, 4.69) is 105 Å². The molecular formula is C82H112N13O20S2+. The van der Waals surface area contributed by atoms with Gasteiger partial charge >= 0.3 is 29.9 Å². The van der Waals surface area contributed by atoms with Crippen LogP contribution in [0.4, 0.5) is 16.2 Å². The number of amides is 6. The number of aliphatic imine (C=N–C) groups is 1. The molecule has 4 aromatic rings. The van der Waals surface area contributed by atoms with Crippen LogP contribution in [0.15, 0.2) is 155 Å². The zero-order valence-corrected chi connectivity index (χ0v) is 68.6. The average molecular weight is 1660 g/mol. The van der Waals surface area contributed by atoms with E-state index in [4.69, 9.17) is 21.3 Å². The number of hydrogen-bond acceptors (Lipinski definition) is 18. The van der Waals surface area contributed by atoms with Gasteiger partial charge in [0.15, 0.2) is 11.7 Å². The standard InChI is InChI=1S/C82H111N13O20S2/c1-81(2)59-24-10-12-27-66(59)94(44-14-16-50-116(109,110)111)68(81)37-31-56-22-18-23-57(32-38-69-82(3,4)60-25-11-13-28-67(60)95(69)45-15-17-51-117(112,113)114)73(56)115-58-33-29-55(30-34-58)53-65(78(106)107)89-74(100)61(26-19-42-86-79(83)84)88-75(101)64(52-54-20-8-7-9-21-54)87-71(97)41-46-92(5)48-49-93(6)47-43-85-70(96)39-35-62(76(102)103)90-80(108)91-63(77(104)105)36-40-72(98)99/h7-13,20-21,24-25,27-34,37-38,61-65H,14-19,22-23,26,35-36,39-53H2,1-6H3,(H15-,83,84,85,86,87,88,89,90,91,96,97,98,99,100,101,102,103,104,105,106,107,108,109,110,111,112,113,114)/p+1/t61-,62+,63+,64-,65-/m0/s1. The maximum atomic E-state index is 14.5. The van der Waals surface area contributed by atoms with Crippen LogP contribution in [0.3, 0.4) is 0 Å². The number of urea groups is 1. The van der Waals surface area contributed by atoms with Gasteiger partial charge in [0.25, 0.3) is 20.2 Å². The molecule has 3 aliphatic rings. The third-order valence-electron chi connectivity index (χ3n) is 20.7. The number of nitrogens with zero attached hydrogens (tertiary/aromatic N) is 5. The number of allylic oxidation sites excluding steroid dienone is 7. The molecule has 0 fully saturated rings. The number of carboxylic acids is 4. The predicted molar refractivity (Wildman–Crippen MR) is 441 cm³/mol. The fourth-order valence-electron chi connectivity index (χ4n) is 14.2. The number of para-hydroxylation sites is 2. The zero-order valence-electron chi connectivity index (χ0n) is 67.0. The third kappa shape index (κ3) is 29.7. The lowest BCUT2D eigenvalue weighted by Gasteiger charge is -2.27. The summed E-state index contributed by atoms with van der Waals surface area (Å²) in [6.45, 7) is 11.2. The van der Waals surface area contributed by atoms with E-state index < -0.39 is 128 Å². The Kier molecular flexibility index (Phi) is 35.0. The molecule has 0 saturated heterocycles. The molecule has 0 saturated carbocycles. The van der Waals surface area contributed by atoms with Gasteiger partial charge in [-0.25, -0.2) is 19.2 Å². The molecule has 0 radical (unpaired) electrons. The molecule has 2 aliphatic heterocycles. The first-order valence-electron chi connectivity index (χ1n) is 39.0. The van der Waals surface area contributed by atoms with Gasteiger partial charge in [-0.2, -0.15) is 21.4 Å². The number of hydrogen-bond donors (Lipinski definition) is 14. The van der Waals surface area contributed by atoms with Crippen molar-refractivity contribution in [2.75, 3.05) is 82.9 Å². The van der Waals surface area contributed by atoms with Crippen LogP contribution in [0.2, 0.25) is 0 Å². The highest BCUT2D eigenvalue weighted by Gasteiger charge is 2.45. The molecule has 7 rings (SSSR count). The molecule has 6 amide bonds. The van der Waals surface area contributed by atoms with E-state index in [1.165, 1.54) is 0 Å². The maximum Gasteiger partial charge on any atom is 0.326 e. The molecule has 0 bridgehead atoms. The highest BCUT2D eigenvalue weighted by molar-refractivity contribution is 7.86. The Labute approximate surface area is 682 Å². The summed E-state index contributed by atoms with van der Waals surface area (Å²) in [5, 5.41) is 53.7. The van der Waals surface area contributed by atoms with Gasteiger partial charge in [-0.05, 0) is 150 Å². The van der Waals surface area contributed by atoms with Crippen LogP contribution in [0, 0.1) is 0 Å². The largest absolute Gasteiger partial charge is 0.481 e. The number of carbonyl (C=O) groups is 9. The second-order valence-electron chi connectivity index (χ2n) is 30.5. The Morgan fingerprint density at radius 2 is 1.15 bits per heavy atom. The van der Waals surface area contributed by atoms with Gasteiger partial charge in [0.05, 0.1) is 16.9 Å². The fraction of sp³-hybridized carbons (Fsp3) is 0.476. The molecule has 1 aliphatic carbocycles. The Balaban J connectivity index is 1.04. The summed E-state index contributed by atoms with van der Waals surface area (Å²) >= 11 is 0. The molecule has 4 aromatic carbocycles. The Morgan fingerprint density at radius 1 is 0.581 bits per heavy atom. The number of carboxylic acid groups (broad SMARTS) is 4. The molecule has 636 valence electrons. The molecular weight excluding hydrogens is 1550 g/mol. The summed E-state index contributed by atoms with van der Waals surface area (Å²) < 4.78 is 75.3. The minimum absolute atomic E-state index is 0.0108. The molecule has 0 aromatic heterocycles. The molecule has 2 heterocycles.